The number of furan rings is 1. The number of alkyl halides is 3. The Kier molecular flexibility index (Phi) is 3.72. The monoisotopic (exact) mass is 287 g/mol. The number of aromatic carboxylic acids is 1. The Balaban J connectivity index is 3.02. The number of rotatable bonds is 4. The summed E-state index contributed by atoms with van der Waals surface area (Å²) in [6.45, 7) is -1.70. The van der Waals surface area contributed by atoms with Crippen molar-refractivity contribution in [2.24, 2.45) is 0 Å². The van der Waals surface area contributed by atoms with Crippen molar-refractivity contribution in [3.63, 3.8) is 0 Å². The van der Waals surface area contributed by atoms with Crippen LogP contribution in [0.2, 0.25) is 0 Å². The molecule has 0 atom stereocenters. The first-order valence-corrected chi connectivity index (χ1v) is 5.84. The van der Waals surface area contributed by atoms with Gasteiger partial charge in [0.15, 0.2) is 0 Å². The Morgan fingerprint density at radius 3 is 2.39 bits per heavy atom. The highest BCUT2D eigenvalue weighted by molar-refractivity contribution is 7.89. The van der Waals surface area contributed by atoms with Gasteiger partial charge in [0.2, 0.25) is 10.9 Å². The first-order valence-electron chi connectivity index (χ1n) is 4.40. The number of carboxylic acids is 1. The number of hydrogen-bond acceptors (Lipinski definition) is 4. The number of carbonyl (C=O) groups is 1. The number of nitrogens with zero attached hydrogens (tertiary/aromatic N) is 1. The van der Waals surface area contributed by atoms with Crippen LogP contribution in [0.1, 0.15) is 10.6 Å². The highest BCUT2D eigenvalue weighted by atomic mass is 32.2. The summed E-state index contributed by atoms with van der Waals surface area (Å²) in [5.41, 5.74) is 0. The van der Waals surface area contributed by atoms with Gasteiger partial charge in [0.05, 0.1) is 0 Å². The van der Waals surface area contributed by atoms with Crippen molar-refractivity contribution in [2.75, 3.05) is 13.6 Å². The average molecular weight is 287 g/mol. The third kappa shape index (κ3) is 3.23. The van der Waals surface area contributed by atoms with E-state index in [-0.39, 0.29) is 4.31 Å². The summed E-state index contributed by atoms with van der Waals surface area (Å²) >= 11 is 0. The van der Waals surface area contributed by atoms with E-state index in [1.54, 1.807) is 0 Å². The fourth-order valence-electron chi connectivity index (χ4n) is 1.06. The minimum atomic E-state index is -4.70. The first kappa shape index (κ1) is 14.5. The standard InChI is InChI=1S/C8H8F3NO5S/c1-12(4-8(9,10)11)18(15,16)6-3-2-5(17-6)7(13)14/h2-3H,4H2,1H3,(H,13,14). The fraction of sp³-hybridized carbons (Fsp3) is 0.375. The highest BCUT2D eigenvalue weighted by Crippen LogP contribution is 2.22. The van der Waals surface area contributed by atoms with Crippen LogP contribution in [0, 0.1) is 0 Å². The maximum Gasteiger partial charge on any atom is 0.402 e. The zero-order chi connectivity index (χ0) is 14.1. The van der Waals surface area contributed by atoms with Gasteiger partial charge in [0.25, 0.3) is 10.0 Å². The van der Waals surface area contributed by atoms with Crippen molar-refractivity contribution in [2.45, 2.75) is 11.3 Å². The van der Waals surface area contributed by atoms with E-state index in [1.165, 1.54) is 0 Å². The molecule has 0 aliphatic carbocycles. The topological polar surface area (TPSA) is 87.8 Å². The normalized spacial score (nSPS) is 12.9. The molecule has 0 aliphatic heterocycles. The van der Waals surface area contributed by atoms with Crippen LogP contribution in [-0.2, 0) is 10.0 Å². The molecule has 6 nitrogen and oxygen atoms in total. The Hall–Kier alpha value is -1.55. The molecule has 0 aliphatic rings. The van der Waals surface area contributed by atoms with E-state index < -0.39 is 39.6 Å². The number of hydrogen-bond donors (Lipinski definition) is 1. The van der Waals surface area contributed by atoms with Gasteiger partial charge in [0, 0.05) is 7.05 Å². The molecule has 1 N–H and O–H groups in total. The van der Waals surface area contributed by atoms with Gasteiger partial charge in [-0.1, -0.05) is 0 Å². The fourth-order valence-corrected chi connectivity index (χ4v) is 2.12. The number of sulfonamides is 1. The summed E-state index contributed by atoms with van der Waals surface area (Å²) in [6, 6.07) is 1.63. The van der Waals surface area contributed by atoms with Crippen LogP contribution in [0.15, 0.2) is 21.6 Å². The maximum atomic E-state index is 12.1. The van der Waals surface area contributed by atoms with E-state index in [1.807, 2.05) is 0 Å². The van der Waals surface area contributed by atoms with E-state index in [9.17, 15) is 26.4 Å². The summed E-state index contributed by atoms with van der Waals surface area (Å²) in [7, 11) is -3.79. The van der Waals surface area contributed by atoms with Gasteiger partial charge >= 0.3 is 12.1 Å². The zero-order valence-corrected chi connectivity index (χ0v) is 9.75. The lowest BCUT2D eigenvalue weighted by molar-refractivity contribution is -0.134. The van der Waals surface area contributed by atoms with Gasteiger partial charge in [-0.15, -0.1) is 0 Å². The van der Waals surface area contributed by atoms with Crippen molar-refractivity contribution in [3.05, 3.63) is 17.9 Å². The average Bonchev–Trinajstić information content (AvgIpc) is 2.63. The molecule has 0 saturated heterocycles. The SMILES string of the molecule is CN(CC(F)(F)F)S(=O)(=O)c1ccc(C(=O)O)o1. The van der Waals surface area contributed by atoms with Gasteiger partial charge in [-0.05, 0) is 12.1 Å². The van der Waals surface area contributed by atoms with Crippen LogP contribution in [0.5, 0.6) is 0 Å². The smallest absolute Gasteiger partial charge is 0.402 e. The summed E-state index contributed by atoms with van der Waals surface area (Å²) in [5, 5.41) is 7.65. The molecule has 1 aromatic heterocycles. The van der Waals surface area contributed by atoms with Crippen LogP contribution in [-0.4, -0.2) is 43.6 Å². The molecule has 1 heterocycles. The molecule has 18 heavy (non-hydrogen) atoms. The predicted octanol–water partition coefficient (Wildman–Crippen LogP) is 1.16. The number of carboxylic acid groups (broad SMARTS) is 1. The van der Waals surface area contributed by atoms with Gasteiger partial charge in [0.1, 0.15) is 6.54 Å². The lowest BCUT2D eigenvalue weighted by Gasteiger charge is -2.16. The van der Waals surface area contributed by atoms with Crippen LogP contribution in [0.3, 0.4) is 0 Å². The molecule has 10 heteroatoms. The van der Waals surface area contributed by atoms with E-state index in [0.29, 0.717) is 7.05 Å². The van der Waals surface area contributed by atoms with Crippen LogP contribution >= 0.6 is 0 Å². The van der Waals surface area contributed by atoms with Crippen molar-refractivity contribution >= 4 is 16.0 Å². The summed E-state index contributed by atoms with van der Waals surface area (Å²) in [4.78, 5) is 10.5. The summed E-state index contributed by atoms with van der Waals surface area (Å²) in [5.74, 6) is -2.19. The lowest BCUT2D eigenvalue weighted by atomic mass is 10.5. The molecule has 0 bridgehead atoms. The van der Waals surface area contributed by atoms with Gasteiger partial charge in [-0.3, -0.25) is 0 Å². The second-order valence-electron chi connectivity index (χ2n) is 3.30. The molecule has 0 spiro atoms. The van der Waals surface area contributed by atoms with Crippen molar-refractivity contribution < 1.29 is 35.9 Å². The molecule has 0 unspecified atom stereocenters. The van der Waals surface area contributed by atoms with Crippen molar-refractivity contribution in [1.29, 1.82) is 0 Å². The molecule has 1 rings (SSSR count). The molecule has 0 aromatic carbocycles. The lowest BCUT2D eigenvalue weighted by Crippen LogP contribution is -2.35. The quantitative estimate of drug-likeness (QED) is 0.897. The second kappa shape index (κ2) is 4.61. The predicted molar refractivity (Wildman–Crippen MR) is 51.5 cm³/mol. The first-order chi connectivity index (χ1) is 8.04. The Labute approximate surface area is 99.7 Å². The molecule has 0 fully saturated rings. The molecule has 102 valence electrons. The van der Waals surface area contributed by atoms with E-state index in [2.05, 4.69) is 4.42 Å². The Morgan fingerprint density at radius 1 is 1.44 bits per heavy atom. The van der Waals surface area contributed by atoms with Crippen LogP contribution in [0.4, 0.5) is 13.2 Å². The van der Waals surface area contributed by atoms with Crippen LogP contribution in [0.25, 0.3) is 0 Å². The molecule has 0 saturated carbocycles. The van der Waals surface area contributed by atoms with Gasteiger partial charge < -0.3 is 9.52 Å². The van der Waals surface area contributed by atoms with E-state index >= 15 is 0 Å². The minimum Gasteiger partial charge on any atom is -0.475 e. The molecule has 0 amide bonds. The minimum absolute atomic E-state index is 0.0253. The van der Waals surface area contributed by atoms with E-state index in [0.717, 1.165) is 12.1 Å². The van der Waals surface area contributed by atoms with Gasteiger partial charge in [-0.2, -0.15) is 17.5 Å². The van der Waals surface area contributed by atoms with E-state index in [4.69, 9.17) is 5.11 Å². The molecular formula is C8H8F3NO5S. The van der Waals surface area contributed by atoms with Gasteiger partial charge in [-0.25, -0.2) is 13.2 Å². The second-order valence-corrected chi connectivity index (χ2v) is 5.28. The third-order valence-corrected chi connectivity index (χ3v) is 3.54. The summed E-state index contributed by atoms with van der Waals surface area (Å²) < 4.78 is 63.8. The van der Waals surface area contributed by atoms with Crippen molar-refractivity contribution in [3.8, 4) is 0 Å². The Bertz CT molecular complexity index is 547. The molecular weight excluding hydrogens is 279 g/mol. The molecule has 1 aromatic rings. The van der Waals surface area contributed by atoms with Crippen molar-refractivity contribution in [1.82, 2.24) is 4.31 Å². The highest BCUT2D eigenvalue weighted by Gasteiger charge is 2.36. The maximum absolute atomic E-state index is 12.1. The zero-order valence-electron chi connectivity index (χ0n) is 8.93. The number of halogens is 3. The Morgan fingerprint density at radius 2 is 2.00 bits per heavy atom. The van der Waals surface area contributed by atoms with Crippen LogP contribution < -0.4 is 0 Å². The third-order valence-electron chi connectivity index (χ3n) is 1.86. The molecule has 0 radical (unpaired) electrons. The summed E-state index contributed by atoms with van der Waals surface area (Å²) in [6.07, 6.45) is -4.70. The largest absolute Gasteiger partial charge is 0.475 e.